The minimum atomic E-state index is -0.153. The molecule has 1 aromatic rings. The number of nitrogens with one attached hydrogen (secondary N) is 1. The van der Waals surface area contributed by atoms with Gasteiger partial charge >= 0.3 is 0 Å². The summed E-state index contributed by atoms with van der Waals surface area (Å²) in [7, 11) is 1.59. The Morgan fingerprint density at radius 3 is 1.62 bits per heavy atom. The molecule has 6 heteroatoms. The summed E-state index contributed by atoms with van der Waals surface area (Å²) in [6, 6.07) is 6.38. The number of carbonyl (C=O) groups is 2. The summed E-state index contributed by atoms with van der Waals surface area (Å²) in [5, 5.41) is 11.5. The van der Waals surface area contributed by atoms with Gasteiger partial charge in [0.05, 0.1) is 13.0 Å². The van der Waals surface area contributed by atoms with Crippen LogP contribution in [-0.4, -0.2) is 30.6 Å². The molecule has 0 radical (unpaired) electrons. The van der Waals surface area contributed by atoms with Gasteiger partial charge in [-0.25, -0.2) is 0 Å². The molecule has 196 valence electrons. The van der Waals surface area contributed by atoms with Gasteiger partial charge in [0.1, 0.15) is 11.5 Å². The lowest BCUT2D eigenvalue weighted by atomic mass is 10.0. The van der Waals surface area contributed by atoms with Crippen molar-refractivity contribution in [1.29, 1.82) is 0 Å². The van der Waals surface area contributed by atoms with E-state index >= 15 is 0 Å². The average Bonchev–Trinajstić information content (AvgIpc) is 2.83. The highest BCUT2D eigenvalue weighted by Crippen LogP contribution is 2.16. The maximum absolute atomic E-state index is 10.8. The molecule has 6 nitrogen and oxygen atoms in total. The van der Waals surface area contributed by atoms with Crippen LogP contribution in [0.15, 0.2) is 24.3 Å². The Morgan fingerprint density at radius 1 is 0.765 bits per heavy atom. The second-order valence-corrected chi connectivity index (χ2v) is 8.93. The van der Waals surface area contributed by atoms with Crippen molar-refractivity contribution in [1.82, 2.24) is 5.32 Å². The molecule has 0 atom stereocenters. The normalized spacial score (nSPS) is 10.3. The Bertz CT molecular complexity index is 605. The first-order valence-electron chi connectivity index (χ1n) is 13.4. The van der Waals surface area contributed by atoms with E-state index in [1.165, 1.54) is 102 Å². The molecule has 1 aromatic carbocycles. The number of amides is 2. The number of nitrogens with two attached hydrogens (primary N) is 1. The molecule has 0 saturated heterocycles. The highest BCUT2D eigenvalue weighted by atomic mass is 16.5. The van der Waals surface area contributed by atoms with E-state index in [1.54, 1.807) is 19.2 Å². The van der Waals surface area contributed by atoms with Gasteiger partial charge in [-0.1, -0.05) is 96.8 Å². The predicted molar refractivity (Wildman–Crippen MR) is 141 cm³/mol. The van der Waals surface area contributed by atoms with Gasteiger partial charge in [0.2, 0.25) is 11.8 Å². The van der Waals surface area contributed by atoms with Crippen molar-refractivity contribution < 1.29 is 19.4 Å². The van der Waals surface area contributed by atoms with E-state index in [0.29, 0.717) is 25.2 Å². The highest BCUT2D eigenvalue weighted by molar-refractivity contribution is 5.75. The van der Waals surface area contributed by atoms with Gasteiger partial charge in [-0.05, 0) is 30.7 Å². The van der Waals surface area contributed by atoms with Crippen LogP contribution in [0.2, 0.25) is 0 Å². The number of phenolic OH excluding ortho intramolecular Hbond substituents is 1. The molecule has 0 unspecified atom stereocenters. The molecule has 0 bridgehead atoms. The van der Waals surface area contributed by atoms with Gasteiger partial charge in [-0.2, -0.15) is 0 Å². The van der Waals surface area contributed by atoms with Crippen molar-refractivity contribution in [3.63, 3.8) is 0 Å². The second kappa shape index (κ2) is 23.9. The van der Waals surface area contributed by atoms with Crippen LogP contribution in [0.3, 0.4) is 0 Å². The van der Waals surface area contributed by atoms with Crippen LogP contribution in [0.5, 0.6) is 11.5 Å². The van der Waals surface area contributed by atoms with Crippen LogP contribution < -0.4 is 15.8 Å². The minimum Gasteiger partial charge on any atom is -0.508 e. The van der Waals surface area contributed by atoms with Gasteiger partial charge in [0.25, 0.3) is 0 Å². The van der Waals surface area contributed by atoms with E-state index in [4.69, 9.17) is 15.6 Å². The first-order valence-corrected chi connectivity index (χ1v) is 13.4. The molecule has 4 N–H and O–H groups in total. The first kappa shape index (κ1) is 31.8. The van der Waals surface area contributed by atoms with Crippen molar-refractivity contribution in [2.45, 2.75) is 116 Å². The van der Waals surface area contributed by atoms with E-state index < -0.39 is 0 Å². The van der Waals surface area contributed by atoms with Gasteiger partial charge < -0.3 is 20.9 Å². The number of aromatic hydroxyl groups is 1. The average molecular weight is 479 g/mol. The number of carbonyl (C=O) groups excluding carboxylic acids is 2. The lowest BCUT2D eigenvalue weighted by Gasteiger charge is -2.04. The van der Waals surface area contributed by atoms with Gasteiger partial charge in [0, 0.05) is 13.5 Å². The van der Waals surface area contributed by atoms with Crippen molar-refractivity contribution in [2.24, 2.45) is 5.73 Å². The fourth-order valence-electron chi connectivity index (χ4n) is 3.60. The summed E-state index contributed by atoms with van der Waals surface area (Å²) < 4.78 is 5.26. The number of benzene rings is 1. The Balaban J connectivity index is 0.000000679. The molecule has 0 aliphatic carbocycles. The summed E-state index contributed by atoms with van der Waals surface area (Å²) in [5.41, 5.74) is 5.11. The monoisotopic (exact) mass is 478 g/mol. The Hall–Kier alpha value is -2.24. The molecule has 0 aliphatic heterocycles. The summed E-state index contributed by atoms with van der Waals surface area (Å²) in [6.07, 6.45) is 21.2. The van der Waals surface area contributed by atoms with E-state index in [1.807, 2.05) is 0 Å². The maximum Gasteiger partial charge on any atom is 0.223 e. The van der Waals surface area contributed by atoms with Crippen LogP contribution in [0.25, 0.3) is 0 Å². The lowest BCUT2D eigenvalue weighted by Crippen LogP contribution is -2.20. The summed E-state index contributed by atoms with van der Waals surface area (Å²) in [4.78, 5) is 21.4. The third kappa shape index (κ3) is 22.9. The van der Waals surface area contributed by atoms with Crippen molar-refractivity contribution in [3.8, 4) is 11.5 Å². The third-order valence-corrected chi connectivity index (χ3v) is 5.74. The van der Waals surface area contributed by atoms with Crippen molar-refractivity contribution >= 4 is 11.8 Å². The molecule has 0 spiro atoms. The highest BCUT2D eigenvalue weighted by Gasteiger charge is 1.99. The molecule has 2 amide bonds. The molecule has 34 heavy (non-hydrogen) atoms. The minimum absolute atomic E-state index is 0.0521. The number of hydrogen-bond acceptors (Lipinski definition) is 4. The zero-order chi connectivity index (χ0) is 25.3. The number of ether oxygens (including phenoxy) is 1. The number of hydrogen-bond donors (Lipinski definition) is 3. The van der Waals surface area contributed by atoms with Crippen LogP contribution in [0.4, 0.5) is 0 Å². The Labute approximate surface area is 208 Å². The number of phenols is 1. The van der Waals surface area contributed by atoms with Gasteiger partial charge in [0.15, 0.2) is 0 Å². The van der Waals surface area contributed by atoms with Crippen molar-refractivity contribution in [3.05, 3.63) is 24.3 Å². The fraction of sp³-hybridized carbons (Fsp3) is 0.714. The number of rotatable bonds is 20. The van der Waals surface area contributed by atoms with E-state index in [0.717, 1.165) is 6.42 Å². The molecule has 1 rings (SSSR count). The first-order chi connectivity index (χ1) is 16.5. The largest absolute Gasteiger partial charge is 0.508 e. The summed E-state index contributed by atoms with van der Waals surface area (Å²) in [6.45, 7) is 2.61. The van der Waals surface area contributed by atoms with Gasteiger partial charge in [-0.15, -0.1) is 0 Å². The zero-order valence-corrected chi connectivity index (χ0v) is 21.8. The van der Waals surface area contributed by atoms with Crippen LogP contribution >= 0.6 is 0 Å². The SMILES string of the molecule is CCCCCCCCCCCCCCCCCC(N)=O.CNC(=O)CCOc1ccc(O)cc1. The Morgan fingerprint density at radius 2 is 1.21 bits per heavy atom. The van der Waals surface area contributed by atoms with Gasteiger partial charge in [-0.3, -0.25) is 9.59 Å². The molecule has 0 saturated carbocycles. The zero-order valence-electron chi connectivity index (χ0n) is 21.8. The van der Waals surface area contributed by atoms with E-state index in [2.05, 4.69) is 12.2 Å². The molecule has 0 heterocycles. The van der Waals surface area contributed by atoms with E-state index in [9.17, 15) is 9.59 Å². The third-order valence-electron chi connectivity index (χ3n) is 5.74. The molecular weight excluding hydrogens is 428 g/mol. The summed E-state index contributed by atoms with van der Waals surface area (Å²) >= 11 is 0. The summed E-state index contributed by atoms with van der Waals surface area (Å²) in [5.74, 6) is 0.638. The fourth-order valence-corrected chi connectivity index (χ4v) is 3.60. The lowest BCUT2D eigenvalue weighted by molar-refractivity contribution is -0.121. The quantitative estimate of drug-likeness (QED) is 0.183. The Kier molecular flexibility index (Phi) is 22.3. The second-order valence-electron chi connectivity index (χ2n) is 8.93. The maximum atomic E-state index is 10.8. The van der Waals surface area contributed by atoms with Crippen LogP contribution in [0, 0.1) is 0 Å². The smallest absolute Gasteiger partial charge is 0.223 e. The number of primary amides is 1. The molecule has 0 aromatic heterocycles. The molecule has 0 aliphatic rings. The van der Waals surface area contributed by atoms with Crippen LogP contribution in [-0.2, 0) is 9.59 Å². The predicted octanol–water partition coefficient (Wildman–Crippen LogP) is 6.64. The van der Waals surface area contributed by atoms with Crippen molar-refractivity contribution in [2.75, 3.05) is 13.7 Å². The number of unbranched alkanes of at least 4 members (excludes halogenated alkanes) is 14. The topological polar surface area (TPSA) is 102 Å². The van der Waals surface area contributed by atoms with Crippen LogP contribution in [0.1, 0.15) is 116 Å². The standard InChI is InChI=1S/C18H37NO.C10H13NO3/c1-2-3-4-5-6-7-8-9-10-11-12-13-14-15-16-17-18(19)20;1-11-10(13)6-7-14-9-4-2-8(12)3-5-9/h2-17H2,1H3,(H2,19,20);2-5,12H,6-7H2,1H3,(H,11,13). The molecule has 0 fully saturated rings. The molecular formula is C28H50N2O4. The van der Waals surface area contributed by atoms with E-state index in [-0.39, 0.29) is 17.6 Å².